The molecule has 5 rings (SSSR count). The highest BCUT2D eigenvalue weighted by Gasteiger charge is 2.78. The van der Waals surface area contributed by atoms with Gasteiger partial charge in [0.1, 0.15) is 17.7 Å². The number of methoxy groups -OCH3 is 1. The van der Waals surface area contributed by atoms with Crippen LogP contribution in [0, 0.1) is 31.6 Å². The Morgan fingerprint density at radius 2 is 1.87 bits per heavy atom. The highest BCUT2D eigenvalue weighted by atomic mass is 79.9. The maximum absolute atomic E-state index is 15.1. The SMILES string of the molecule is C=CCCC(=O)N[C@H](COC)[C@H](OC(=O)[C@H]1[C@@H]2O[C@@]3(CC2Br)[C@@H]1C(=O)N([C@@H](CO)C(C)C)[C@@H]3C(=O)N(CC=C)c1cc(C)ccc1C)c1ccccc1. The number of hydrogen-bond acceptors (Lipinski definition) is 8. The molecule has 3 fully saturated rings. The number of alkyl halides is 1. The van der Waals surface area contributed by atoms with Crippen molar-refractivity contribution in [2.24, 2.45) is 17.8 Å². The van der Waals surface area contributed by atoms with Gasteiger partial charge in [-0.3, -0.25) is 19.2 Å². The maximum atomic E-state index is 15.1. The molecule has 2 aromatic carbocycles. The largest absolute Gasteiger partial charge is 0.455 e. The Labute approximate surface area is 320 Å². The van der Waals surface area contributed by atoms with Gasteiger partial charge in [0.2, 0.25) is 11.8 Å². The van der Waals surface area contributed by atoms with Gasteiger partial charge in [-0.25, -0.2) is 0 Å². The molecule has 2 bridgehead atoms. The van der Waals surface area contributed by atoms with E-state index in [1.807, 2.05) is 64.1 Å². The summed E-state index contributed by atoms with van der Waals surface area (Å²) in [5.74, 6) is -4.16. The van der Waals surface area contributed by atoms with Crippen LogP contribution >= 0.6 is 15.9 Å². The van der Waals surface area contributed by atoms with Crippen LogP contribution < -0.4 is 10.2 Å². The number of rotatable bonds is 17. The Morgan fingerprint density at radius 1 is 1.15 bits per heavy atom. The van der Waals surface area contributed by atoms with E-state index in [0.29, 0.717) is 17.7 Å². The summed E-state index contributed by atoms with van der Waals surface area (Å²) in [6.07, 6.45) is 2.48. The fourth-order valence-electron chi connectivity index (χ4n) is 8.31. The predicted molar refractivity (Wildman–Crippen MR) is 205 cm³/mol. The maximum Gasteiger partial charge on any atom is 0.313 e. The number of anilines is 1. The molecule has 3 aliphatic heterocycles. The minimum absolute atomic E-state index is 0.0407. The second-order valence-electron chi connectivity index (χ2n) is 14.7. The lowest BCUT2D eigenvalue weighted by Crippen LogP contribution is -2.60. The number of nitrogens with one attached hydrogen (secondary N) is 1. The second kappa shape index (κ2) is 17.1. The van der Waals surface area contributed by atoms with Gasteiger partial charge in [0.15, 0.2) is 0 Å². The molecule has 1 unspecified atom stereocenters. The van der Waals surface area contributed by atoms with Crippen LogP contribution in [0.5, 0.6) is 0 Å². The smallest absolute Gasteiger partial charge is 0.313 e. The van der Waals surface area contributed by atoms with E-state index in [1.54, 1.807) is 29.2 Å². The first kappa shape index (κ1) is 40.3. The third-order valence-electron chi connectivity index (χ3n) is 10.8. The van der Waals surface area contributed by atoms with Crippen molar-refractivity contribution in [3.8, 4) is 0 Å². The summed E-state index contributed by atoms with van der Waals surface area (Å²) in [6, 6.07) is 12.2. The number of halogens is 1. The number of carbonyl (C=O) groups excluding carboxylic acids is 4. The molecule has 3 heterocycles. The van der Waals surface area contributed by atoms with Gasteiger partial charge in [0, 0.05) is 30.6 Å². The average molecular weight is 795 g/mol. The molecule has 11 nitrogen and oxygen atoms in total. The third-order valence-corrected chi connectivity index (χ3v) is 11.6. The Balaban J connectivity index is 1.58. The minimum Gasteiger partial charge on any atom is -0.455 e. The van der Waals surface area contributed by atoms with E-state index < -0.39 is 66.3 Å². The van der Waals surface area contributed by atoms with E-state index in [-0.39, 0.29) is 48.6 Å². The molecule has 9 atom stereocenters. The molecule has 0 saturated carbocycles. The van der Waals surface area contributed by atoms with Crippen LogP contribution in [-0.2, 0) is 33.4 Å². The monoisotopic (exact) mass is 793 g/mol. The zero-order valence-corrected chi connectivity index (χ0v) is 32.8. The number of aryl methyl sites for hydroxylation is 2. The molecule has 0 aliphatic carbocycles. The summed E-state index contributed by atoms with van der Waals surface area (Å²) in [4.78, 5) is 60.4. The van der Waals surface area contributed by atoms with Crippen molar-refractivity contribution in [3.63, 3.8) is 0 Å². The van der Waals surface area contributed by atoms with Gasteiger partial charge in [0.25, 0.3) is 5.91 Å². The Bertz CT molecular complexity index is 1690. The molecule has 2 aromatic rings. The van der Waals surface area contributed by atoms with Gasteiger partial charge in [-0.1, -0.05) is 84.4 Å². The summed E-state index contributed by atoms with van der Waals surface area (Å²) in [6.45, 7) is 15.1. The lowest BCUT2D eigenvalue weighted by molar-refractivity contribution is -0.163. The van der Waals surface area contributed by atoms with Gasteiger partial charge >= 0.3 is 5.97 Å². The number of carbonyl (C=O) groups is 4. The quantitative estimate of drug-likeness (QED) is 0.130. The zero-order chi connectivity index (χ0) is 38.6. The van der Waals surface area contributed by atoms with E-state index >= 15 is 4.79 Å². The molecule has 12 heteroatoms. The molecule has 3 amide bonds. The van der Waals surface area contributed by atoms with Crippen LogP contribution in [0.3, 0.4) is 0 Å². The van der Waals surface area contributed by atoms with Gasteiger partial charge in [-0.15, -0.1) is 13.2 Å². The number of aliphatic hydroxyl groups excluding tert-OH is 1. The molecule has 2 N–H and O–H groups in total. The number of likely N-dealkylation sites (tertiary alicyclic amines) is 1. The van der Waals surface area contributed by atoms with Crippen LogP contribution in [0.1, 0.15) is 55.9 Å². The number of allylic oxidation sites excluding steroid dienone is 1. The van der Waals surface area contributed by atoms with Crippen molar-refractivity contribution in [3.05, 3.63) is 90.5 Å². The summed E-state index contributed by atoms with van der Waals surface area (Å²) in [5, 5.41) is 13.7. The third kappa shape index (κ3) is 7.74. The second-order valence-corrected chi connectivity index (χ2v) is 15.8. The summed E-state index contributed by atoms with van der Waals surface area (Å²) < 4.78 is 18.6. The van der Waals surface area contributed by atoms with E-state index in [2.05, 4.69) is 34.4 Å². The summed E-state index contributed by atoms with van der Waals surface area (Å²) >= 11 is 3.75. The number of hydrogen-bond donors (Lipinski definition) is 2. The van der Waals surface area contributed by atoms with Crippen molar-refractivity contribution < 1.29 is 38.5 Å². The van der Waals surface area contributed by atoms with E-state index in [9.17, 15) is 19.5 Å². The number of ether oxygens (including phenoxy) is 3. The van der Waals surface area contributed by atoms with Crippen LogP contribution in [0.15, 0.2) is 73.8 Å². The number of benzene rings is 2. The molecule has 0 radical (unpaired) electrons. The summed E-state index contributed by atoms with van der Waals surface area (Å²) in [5.41, 5.74) is 1.72. The Hall–Kier alpha value is -3.84. The van der Waals surface area contributed by atoms with Gasteiger partial charge in [0.05, 0.1) is 43.2 Å². The van der Waals surface area contributed by atoms with Gasteiger partial charge < -0.3 is 34.4 Å². The predicted octanol–water partition coefficient (Wildman–Crippen LogP) is 4.97. The van der Waals surface area contributed by atoms with Crippen molar-refractivity contribution in [1.82, 2.24) is 10.2 Å². The number of esters is 1. The van der Waals surface area contributed by atoms with Crippen molar-refractivity contribution in [1.29, 1.82) is 0 Å². The molecule has 3 saturated heterocycles. The normalized spacial score (nSPS) is 26.2. The van der Waals surface area contributed by atoms with E-state index in [1.165, 1.54) is 12.0 Å². The van der Waals surface area contributed by atoms with Crippen molar-refractivity contribution in [2.75, 3.05) is 31.8 Å². The molecular weight excluding hydrogens is 742 g/mol. The fraction of sp³-hybridized carbons (Fsp3) is 0.512. The van der Waals surface area contributed by atoms with Crippen LogP contribution in [0.2, 0.25) is 0 Å². The standard InChI is InChI=1S/C41H52BrN3O8/c1-8-10-16-32(47)43-29(23-51-7)35(27-14-12-11-13-15-27)52-40(50)33-34-38(48)45(31(22-46)24(3)4)37(41(34)21-28(42)36(33)53-41)39(49)44(19-9-2)30-20-25(5)17-18-26(30)6/h8-9,11-15,17-18,20,24,28-29,31,33-37,46H,1-2,10,16,19,21-23H2,3-7H3,(H,43,47)/t28?,29-,31+,33-,34+,35-,36-,37-,41+/m1/s1. The number of nitrogens with zero attached hydrogens (tertiary/aromatic N) is 2. The molecular formula is C41H52BrN3O8. The molecule has 0 aromatic heterocycles. The Morgan fingerprint density at radius 3 is 2.49 bits per heavy atom. The van der Waals surface area contributed by atoms with Crippen molar-refractivity contribution in [2.45, 2.75) is 87.7 Å². The first-order valence-electron chi connectivity index (χ1n) is 18.2. The highest BCUT2D eigenvalue weighted by molar-refractivity contribution is 9.09. The lowest BCUT2D eigenvalue weighted by Gasteiger charge is -2.40. The molecule has 1 spiro atoms. The first-order chi connectivity index (χ1) is 25.3. The molecule has 53 heavy (non-hydrogen) atoms. The van der Waals surface area contributed by atoms with E-state index in [0.717, 1.165) is 11.1 Å². The van der Waals surface area contributed by atoms with Gasteiger partial charge in [-0.05, 0) is 55.4 Å². The molecule has 3 aliphatic rings. The van der Waals surface area contributed by atoms with Crippen LogP contribution in [-0.4, -0.2) is 95.2 Å². The highest BCUT2D eigenvalue weighted by Crippen LogP contribution is 2.61. The van der Waals surface area contributed by atoms with Crippen LogP contribution in [0.4, 0.5) is 5.69 Å². The van der Waals surface area contributed by atoms with Crippen molar-refractivity contribution >= 4 is 45.3 Å². The van der Waals surface area contributed by atoms with E-state index in [4.69, 9.17) is 14.2 Å². The first-order valence-corrected chi connectivity index (χ1v) is 19.2. The summed E-state index contributed by atoms with van der Waals surface area (Å²) in [7, 11) is 1.50. The topological polar surface area (TPSA) is 135 Å². The Kier molecular flexibility index (Phi) is 13.0. The number of amides is 3. The minimum atomic E-state index is -1.40. The zero-order valence-electron chi connectivity index (χ0n) is 31.2. The van der Waals surface area contributed by atoms with Gasteiger partial charge in [-0.2, -0.15) is 0 Å². The van der Waals surface area contributed by atoms with Crippen LogP contribution in [0.25, 0.3) is 0 Å². The average Bonchev–Trinajstić information content (AvgIpc) is 3.73. The lowest BCUT2D eigenvalue weighted by atomic mass is 9.70. The number of fused-ring (bicyclic) bond motifs is 1. The molecule has 286 valence electrons. The number of aliphatic hydroxyl groups is 1. The fourth-order valence-corrected chi connectivity index (χ4v) is 9.26.